The third-order valence-electron chi connectivity index (χ3n) is 3.58. The second kappa shape index (κ2) is 7.01. The van der Waals surface area contributed by atoms with Crippen LogP contribution in [0.25, 0.3) is 5.82 Å². The van der Waals surface area contributed by atoms with E-state index < -0.39 is 11.9 Å². The summed E-state index contributed by atoms with van der Waals surface area (Å²) < 4.78 is 2.33. The van der Waals surface area contributed by atoms with Gasteiger partial charge in [0.05, 0.1) is 28.7 Å². The number of anilines is 1. The van der Waals surface area contributed by atoms with Crippen LogP contribution in [0.4, 0.5) is 5.69 Å². The van der Waals surface area contributed by atoms with E-state index >= 15 is 0 Å². The summed E-state index contributed by atoms with van der Waals surface area (Å²) >= 11 is 2.02. The Morgan fingerprint density at radius 3 is 2.68 bits per heavy atom. The van der Waals surface area contributed by atoms with E-state index in [-0.39, 0.29) is 11.3 Å². The van der Waals surface area contributed by atoms with Crippen molar-refractivity contribution in [1.82, 2.24) is 14.8 Å². The molecule has 0 bridgehead atoms. The highest BCUT2D eigenvalue weighted by Crippen LogP contribution is 2.21. The fourth-order valence-corrected chi connectivity index (χ4v) is 2.83. The molecule has 0 aliphatic carbocycles. The number of carbonyl (C=O) groups excluding carboxylic acids is 1. The van der Waals surface area contributed by atoms with Crippen LogP contribution in [-0.2, 0) is 0 Å². The number of nitrogens with one attached hydrogen (secondary N) is 1. The summed E-state index contributed by atoms with van der Waals surface area (Å²) in [5.41, 5.74) is 1.23. The van der Waals surface area contributed by atoms with Crippen molar-refractivity contribution in [2.75, 3.05) is 5.32 Å². The van der Waals surface area contributed by atoms with Crippen LogP contribution >= 0.6 is 22.6 Å². The number of hydrogen-bond donors (Lipinski definition) is 2. The van der Waals surface area contributed by atoms with Crippen molar-refractivity contribution in [2.24, 2.45) is 0 Å². The van der Waals surface area contributed by atoms with Crippen LogP contribution in [0.15, 0.2) is 48.8 Å². The minimum atomic E-state index is -1.10. The molecule has 0 spiro atoms. The number of carbonyl (C=O) groups is 2. The maximum atomic E-state index is 12.6. The lowest BCUT2D eigenvalue weighted by Gasteiger charge is -2.09. The number of amides is 1. The van der Waals surface area contributed by atoms with E-state index in [1.165, 1.54) is 12.3 Å². The number of benzene rings is 1. The summed E-state index contributed by atoms with van der Waals surface area (Å²) in [6.45, 7) is 1.75. The Labute approximate surface area is 156 Å². The zero-order chi connectivity index (χ0) is 18.0. The highest BCUT2D eigenvalue weighted by Gasteiger charge is 2.18. The van der Waals surface area contributed by atoms with Crippen LogP contribution < -0.4 is 5.32 Å². The molecule has 0 radical (unpaired) electrons. The van der Waals surface area contributed by atoms with Crippen LogP contribution in [0.3, 0.4) is 0 Å². The quantitative estimate of drug-likeness (QED) is 0.598. The van der Waals surface area contributed by atoms with Gasteiger partial charge in [0.25, 0.3) is 5.91 Å². The van der Waals surface area contributed by atoms with Crippen molar-refractivity contribution in [2.45, 2.75) is 6.92 Å². The van der Waals surface area contributed by atoms with Crippen molar-refractivity contribution in [1.29, 1.82) is 0 Å². The standard InChI is InChI=1S/C17H13IN4O3/c1-10-13(9-20-22(10)15-4-2-3-7-19-15)16(23)21-14-6-5-11(18)8-12(14)17(24)25/h2-9H,1H3,(H,21,23)(H,24,25). The Morgan fingerprint density at radius 1 is 1.20 bits per heavy atom. The molecule has 3 aromatic rings. The fraction of sp³-hybridized carbons (Fsp3) is 0.0588. The normalized spacial score (nSPS) is 10.5. The number of hydrogen-bond acceptors (Lipinski definition) is 4. The lowest BCUT2D eigenvalue weighted by molar-refractivity contribution is 0.0698. The zero-order valence-corrected chi connectivity index (χ0v) is 15.3. The first-order valence-corrected chi connectivity index (χ1v) is 8.35. The average Bonchev–Trinajstić information content (AvgIpc) is 2.98. The molecule has 0 fully saturated rings. The molecule has 2 heterocycles. The second-order valence-corrected chi connectivity index (χ2v) is 6.44. The third kappa shape index (κ3) is 3.53. The summed E-state index contributed by atoms with van der Waals surface area (Å²) in [6.07, 6.45) is 3.08. The first kappa shape index (κ1) is 17.1. The van der Waals surface area contributed by atoms with Crippen molar-refractivity contribution in [3.05, 3.63) is 69.2 Å². The van der Waals surface area contributed by atoms with Gasteiger partial charge in [-0.25, -0.2) is 14.5 Å². The number of rotatable bonds is 4. The van der Waals surface area contributed by atoms with E-state index in [1.807, 2.05) is 28.7 Å². The van der Waals surface area contributed by atoms with Gasteiger partial charge in [-0.05, 0) is 59.8 Å². The summed E-state index contributed by atoms with van der Waals surface area (Å²) in [5, 5.41) is 16.1. The molecular weight excluding hydrogens is 435 g/mol. The van der Waals surface area contributed by atoms with Gasteiger partial charge in [-0.15, -0.1) is 0 Å². The molecule has 0 atom stereocenters. The molecule has 126 valence electrons. The number of nitrogens with zero attached hydrogens (tertiary/aromatic N) is 3. The topological polar surface area (TPSA) is 97.1 Å². The number of pyridine rings is 1. The molecule has 1 aromatic carbocycles. The maximum absolute atomic E-state index is 12.6. The molecule has 0 saturated heterocycles. The molecule has 0 saturated carbocycles. The molecule has 0 aliphatic rings. The number of aromatic carboxylic acids is 1. The van der Waals surface area contributed by atoms with Crippen molar-refractivity contribution in [3.63, 3.8) is 0 Å². The van der Waals surface area contributed by atoms with E-state index in [0.29, 0.717) is 17.1 Å². The summed E-state index contributed by atoms with van der Waals surface area (Å²) in [7, 11) is 0. The molecule has 8 heteroatoms. The molecule has 1 amide bonds. The van der Waals surface area contributed by atoms with Gasteiger partial charge in [0.15, 0.2) is 5.82 Å². The third-order valence-corrected chi connectivity index (χ3v) is 4.25. The molecule has 0 aliphatic heterocycles. The van der Waals surface area contributed by atoms with Crippen molar-refractivity contribution >= 4 is 40.2 Å². The smallest absolute Gasteiger partial charge is 0.337 e. The summed E-state index contributed by atoms with van der Waals surface area (Å²) in [5.74, 6) is -0.933. The maximum Gasteiger partial charge on any atom is 0.337 e. The Hall–Kier alpha value is -2.75. The molecule has 0 unspecified atom stereocenters. The Bertz CT molecular complexity index is 954. The Balaban J connectivity index is 1.91. The van der Waals surface area contributed by atoms with E-state index in [1.54, 1.807) is 42.1 Å². The Kier molecular flexibility index (Phi) is 4.79. The zero-order valence-electron chi connectivity index (χ0n) is 13.1. The fourth-order valence-electron chi connectivity index (χ4n) is 2.33. The van der Waals surface area contributed by atoms with E-state index in [4.69, 9.17) is 0 Å². The largest absolute Gasteiger partial charge is 0.478 e. The average molecular weight is 448 g/mol. The lowest BCUT2D eigenvalue weighted by Crippen LogP contribution is -2.16. The van der Waals surface area contributed by atoms with Crippen LogP contribution in [0.1, 0.15) is 26.4 Å². The van der Waals surface area contributed by atoms with Gasteiger partial charge < -0.3 is 10.4 Å². The number of aromatic nitrogens is 3. The number of carboxylic acids is 1. The predicted molar refractivity (Wildman–Crippen MR) is 100 cm³/mol. The summed E-state index contributed by atoms with van der Waals surface area (Å²) in [6, 6.07) is 10.2. The van der Waals surface area contributed by atoms with Gasteiger partial charge in [0, 0.05) is 9.77 Å². The monoisotopic (exact) mass is 448 g/mol. The van der Waals surface area contributed by atoms with E-state index in [9.17, 15) is 14.7 Å². The van der Waals surface area contributed by atoms with Crippen LogP contribution in [0.5, 0.6) is 0 Å². The highest BCUT2D eigenvalue weighted by molar-refractivity contribution is 14.1. The lowest BCUT2D eigenvalue weighted by atomic mass is 10.1. The summed E-state index contributed by atoms with van der Waals surface area (Å²) in [4.78, 5) is 28.1. The predicted octanol–water partition coefficient (Wildman–Crippen LogP) is 3.13. The van der Waals surface area contributed by atoms with Gasteiger partial charge >= 0.3 is 5.97 Å². The first-order valence-electron chi connectivity index (χ1n) is 7.27. The van der Waals surface area contributed by atoms with Gasteiger partial charge in [-0.2, -0.15) is 5.10 Å². The molecule has 2 aromatic heterocycles. The SMILES string of the molecule is Cc1c(C(=O)Nc2ccc(I)cc2C(=O)O)cnn1-c1ccccn1. The Morgan fingerprint density at radius 2 is 2.00 bits per heavy atom. The highest BCUT2D eigenvalue weighted by atomic mass is 127. The van der Waals surface area contributed by atoms with Crippen LogP contribution in [-0.4, -0.2) is 31.7 Å². The van der Waals surface area contributed by atoms with Gasteiger partial charge in [-0.1, -0.05) is 6.07 Å². The van der Waals surface area contributed by atoms with Gasteiger partial charge in [0.1, 0.15) is 0 Å². The van der Waals surface area contributed by atoms with Crippen molar-refractivity contribution in [3.8, 4) is 5.82 Å². The van der Waals surface area contributed by atoms with E-state index in [2.05, 4.69) is 15.4 Å². The minimum Gasteiger partial charge on any atom is -0.478 e. The van der Waals surface area contributed by atoms with Crippen LogP contribution in [0, 0.1) is 10.5 Å². The van der Waals surface area contributed by atoms with Crippen LogP contribution in [0.2, 0.25) is 0 Å². The first-order chi connectivity index (χ1) is 12.0. The van der Waals surface area contributed by atoms with E-state index in [0.717, 1.165) is 3.57 Å². The molecule has 2 N–H and O–H groups in total. The second-order valence-electron chi connectivity index (χ2n) is 5.19. The molecule has 3 rings (SSSR count). The molecular formula is C17H13IN4O3. The van der Waals surface area contributed by atoms with Crippen molar-refractivity contribution < 1.29 is 14.7 Å². The minimum absolute atomic E-state index is 0.0371. The molecule has 25 heavy (non-hydrogen) atoms. The van der Waals surface area contributed by atoms with Gasteiger partial charge in [0.2, 0.25) is 0 Å². The molecule has 7 nitrogen and oxygen atoms in total. The number of halogens is 1. The number of carboxylic acid groups (broad SMARTS) is 1. The van der Waals surface area contributed by atoms with Gasteiger partial charge in [-0.3, -0.25) is 4.79 Å².